The molecule has 0 saturated heterocycles. The number of benzene rings is 1. The molecule has 0 aliphatic heterocycles. The lowest BCUT2D eigenvalue weighted by Gasteiger charge is -2.12. The summed E-state index contributed by atoms with van der Waals surface area (Å²) in [5.41, 5.74) is 5.30. The van der Waals surface area contributed by atoms with Crippen LogP contribution in [0.2, 0.25) is 0 Å². The van der Waals surface area contributed by atoms with Gasteiger partial charge in [0, 0.05) is 6.54 Å². The smallest absolute Gasteiger partial charge is 0.326 e. The highest BCUT2D eigenvalue weighted by Gasteiger charge is 2.41. The van der Waals surface area contributed by atoms with Crippen LogP contribution in [0.5, 0.6) is 0 Å². The van der Waals surface area contributed by atoms with Gasteiger partial charge in [0.05, 0.1) is 0 Å². The molecule has 0 amide bonds. The minimum Gasteiger partial charge on any atom is -0.326 e. The number of nitrogens with two attached hydrogens (primary N) is 1. The van der Waals surface area contributed by atoms with Gasteiger partial charge in [-0.25, -0.2) is 4.39 Å². The molecule has 78 valence electrons. The van der Waals surface area contributed by atoms with Crippen LogP contribution < -0.4 is 5.73 Å². The van der Waals surface area contributed by atoms with Crippen molar-refractivity contribution in [2.75, 3.05) is 0 Å². The van der Waals surface area contributed by atoms with E-state index in [1.165, 1.54) is 6.07 Å². The first-order valence-electron chi connectivity index (χ1n) is 3.95. The Balaban J connectivity index is 2.95. The Kier molecular flexibility index (Phi) is 3.10. The highest BCUT2D eigenvalue weighted by atomic mass is 19.4. The average Bonchev–Trinajstić information content (AvgIpc) is 2.15. The maximum absolute atomic E-state index is 12.8. The van der Waals surface area contributed by atoms with Crippen LogP contribution in [0.25, 0.3) is 0 Å². The fourth-order valence-electron chi connectivity index (χ4n) is 1.07. The van der Waals surface area contributed by atoms with E-state index in [1.54, 1.807) is 6.07 Å². The molecule has 1 nitrogen and oxygen atoms in total. The van der Waals surface area contributed by atoms with E-state index in [1.807, 2.05) is 0 Å². The molecular weight excluding hydrogens is 198 g/mol. The topological polar surface area (TPSA) is 26.0 Å². The van der Waals surface area contributed by atoms with Crippen molar-refractivity contribution in [1.82, 2.24) is 0 Å². The summed E-state index contributed by atoms with van der Waals surface area (Å²) in [6.45, 7) is 0.0957. The van der Waals surface area contributed by atoms with E-state index in [9.17, 15) is 17.6 Å². The summed E-state index contributed by atoms with van der Waals surface area (Å²) in [6.07, 6.45) is -7.79. The van der Waals surface area contributed by atoms with Crippen molar-refractivity contribution in [3.8, 4) is 0 Å². The normalized spacial score (nSPS) is 14.1. The summed E-state index contributed by atoms with van der Waals surface area (Å²) in [7, 11) is 0. The molecule has 1 aromatic rings. The number of hydrogen-bond acceptors (Lipinski definition) is 1. The third-order valence-electron chi connectivity index (χ3n) is 1.77. The quantitative estimate of drug-likeness (QED) is 0.741. The van der Waals surface area contributed by atoms with Gasteiger partial charge in [0.15, 0.2) is 0 Å². The van der Waals surface area contributed by atoms with Crippen molar-refractivity contribution >= 4 is 0 Å². The zero-order chi connectivity index (χ0) is 10.8. The van der Waals surface area contributed by atoms with Gasteiger partial charge in [-0.2, -0.15) is 13.2 Å². The molecule has 1 aromatic carbocycles. The van der Waals surface area contributed by atoms with E-state index in [0.29, 0.717) is 5.56 Å². The molecule has 0 radical (unpaired) electrons. The lowest BCUT2D eigenvalue weighted by Crippen LogP contribution is -2.16. The summed E-state index contributed by atoms with van der Waals surface area (Å²) in [4.78, 5) is 0. The van der Waals surface area contributed by atoms with Crippen LogP contribution in [-0.2, 0) is 6.54 Å². The fraction of sp³-hybridized carbons (Fsp3) is 0.333. The molecule has 0 bridgehead atoms. The zero-order valence-electron chi connectivity index (χ0n) is 7.18. The lowest BCUT2D eigenvalue weighted by molar-refractivity contribution is -0.182. The van der Waals surface area contributed by atoms with Gasteiger partial charge in [0.1, 0.15) is 0 Å². The van der Waals surface area contributed by atoms with Gasteiger partial charge >= 0.3 is 6.18 Å². The molecule has 0 aliphatic carbocycles. The maximum Gasteiger partial charge on any atom is 0.423 e. The summed E-state index contributed by atoms with van der Waals surface area (Å²) in [5, 5.41) is 0. The highest BCUT2D eigenvalue weighted by molar-refractivity contribution is 5.25. The van der Waals surface area contributed by atoms with Crippen LogP contribution in [-0.4, -0.2) is 6.18 Å². The Morgan fingerprint density at radius 2 is 1.93 bits per heavy atom. The van der Waals surface area contributed by atoms with E-state index in [-0.39, 0.29) is 6.54 Å². The molecule has 0 fully saturated rings. The van der Waals surface area contributed by atoms with Crippen LogP contribution >= 0.6 is 0 Å². The Hall–Kier alpha value is -1.10. The zero-order valence-corrected chi connectivity index (χ0v) is 7.18. The molecule has 0 aliphatic rings. The molecular formula is C9H9F4N. The van der Waals surface area contributed by atoms with E-state index >= 15 is 0 Å². The monoisotopic (exact) mass is 207 g/mol. The van der Waals surface area contributed by atoms with E-state index in [0.717, 1.165) is 12.1 Å². The Labute approximate surface area is 78.5 Å². The standard InChI is InChI=1S/C9H9F4N/c10-8(9(11,12)13)7-3-1-2-6(4-7)5-14/h1-4,8H,5,14H2. The van der Waals surface area contributed by atoms with Gasteiger partial charge in [-0.05, 0) is 11.1 Å². The fourth-order valence-corrected chi connectivity index (χ4v) is 1.07. The molecule has 0 saturated carbocycles. The van der Waals surface area contributed by atoms with E-state index < -0.39 is 17.9 Å². The Morgan fingerprint density at radius 1 is 1.29 bits per heavy atom. The summed E-state index contributed by atoms with van der Waals surface area (Å²) in [5.74, 6) is 0. The van der Waals surface area contributed by atoms with Gasteiger partial charge in [0.2, 0.25) is 6.17 Å². The van der Waals surface area contributed by atoms with Crippen LogP contribution in [0, 0.1) is 0 Å². The predicted octanol–water partition coefficient (Wildman–Crippen LogP) is 2.72. The average molecular weight is 207 g/mol. The first kappa shape index (κ1) is 11.0. The van der Waals surface area contributed by atoms with E-state index in [4.69, 9.17) is 5.73 Å². The number of hydrogen-bond donors (Lipinski definition) is 1. The van der Waals surface area contributed by atoms with Gasteiger partial charge in [0.25, 0.3) is 0 Å². The summed E-state index contributed by atoms with van der Waals surface area (Å²) < 4.78 is 48.7. The summed E-state index contributed by atoms with van der Waals surface area (Å²) in [6, 6.07) is 5.12. The molecule has 0 aromatic heterocycles. The van der Waals surface area contributed by atoms with Gasteiger partial charge in [-0.1, -0.05) is 24.3 Å². The van der Waals surface area contributed by atoms with Crippen molar-refractivity contribution in [3.63, 3.8) is 0 Å². The molecule has 2 N–H and O–H groups in total. The van der Waals surface area contributed by atoms with Gasteiger partial charge in [-0.15, -0.1) is 0 Å². The summed E-state index contributed by atoms with van der Waals surface area (Å²) >= 11 is 0. The molecule has 1 unspecified atom stereocenters. The van der Waals surface area contributed by atoms with Crippen LogP contribution in [0.15, 0.2) is 24.3 Å². The highest BCUT2D eigenvalue weighted by Crippen LogP contribution is 2.35. The van der Waals surface area contributed by atoms with Crippen LogP contribution in [0.4, 0.5) is 17.6 Å². The molecule has 14 heavy (non-hydrogen) atoms. The second-order valence-electron chi connectivity index (χ2n) is 2.85. The minimum atomic E-state index is -4.85. The van der Waals surface area contributed by atoms with E-state index in [2.05, 4.69) is 0 Å². The first-order chi connectivity index (χ1) is 6.45. The molecule has 1 atom stereocenters. The van der Waals surface area contributed by atoms with Crippen molar-refractivity contribution in [3.05, 3.63) is 35.4 Å². The molecule has 0 heterocycles. The second kappa shape index (κ2) is 3.96. The van der Waals surface area contributed by atoms with Crippen molar-refractivity contribution < 1.29 is 17.6 Å². The SMILES string of the molecule is NCc1cccc(C(F)C(F)(F)F)c1. The van der Waals surface area contributed by atoms with Crippen LogP contribution in [0.1, 0.15) is 17.3 Å². The largest absolute Gasteiger partial charge is 0.423 e. The number of rotatable bonds is 2. The molecule has 0 spiro atoms. The van der Waals surface area contributed by atoms with Crippen molar-refractivity contribution in [2.45, 2.75) is 18.9 Å². The van der Waals surface area contributed by atoms with Crippen molar-refractivity contribution in [1.29, 1.82) is 0 Å². The lowest BCUT2D eigenvalue weighted by atomic mass is 10.1. The number of halogens is 4. The maximum atomic E-state index is 12.8. The Morgan fingerprint density at radius 3 is 2.43 bits per heavy atom. The minimum absolute atomic E-state index is 0.0957. The predicted molar refractivity (Wildman–Crippen MR) is 44.2 cm³/mol. The first-order valence-corrected chi connectivity index (χ1v) is 3.95. The van der Waals surface area contributed by atoms with Crippen LogP contribution in [0.3, 0.4) is 0 Å². The number of alkyl halides is 4. The second-order valence-corrected chi connectivity index (χ2v) is 2.85. The third kappa shape index (κ3) is 2.45. The Bertz CT molecular complexity index is 308. The van der Waals surface area contributed by atoms with Gasteiger partial charge < -0.3 is 5.73 Å². The third-order valence-corrected chi connectivity index (χ3v) is 1.77. The molecule has 5 heteroatoms. The van der Waals surface area contributed by atoms with Gasteiger partial charge in [-0.3, -0.25) is 0 Å². The molecule has 1 rings (SSSR count). The van der Waals surface area contributed by atoms with Crippen molar-refractivity contribution in [2.24, 2.45) is 5.73 Å².